The Morgan fingerprint density at radius 2 is 2.38 bits per heavy atom. The number of pyridine rings is 1. The smallest absolute Gasteiger partial charge is 0.126 e. The zero-order valence-corrected chi connectivity index (χ0v) is 10.6. The van der Waals surface area contributed by atoms with Crippen molar-refractivity contribution in [2.24, 2.45) is 0 Å². The molecule has 0 saturated carbocycles. The third kappa shape index (κ3) is 3.06. The van der Waals surface area contributed by atoms with Gasteiger partial charge in [-0.2, -0.15) is 0 Å². The molecule has 0 bridgehead atoms. The molecular formula is C11H13BrN4. The van der Waals surface area contributed by atoms with Crippen LogP contribution in [0.1, 0.15) is 6.92 Å². The minimum atomic E-state index is 0.308. The number of nitrogens with zero attached hydrogens (tertiary/aromatic N) is 3. The van der Waals surface area contributed by atoms with Crippen molar-refractivity contribution in [1.29, 1.82) is 0 Å². The van der Waals surface area contributed by atoms with Gasteiger partial charge in [0.25, 0.3) is 0 Å². The maximum Gasteiger partial charge on any atom is 0.126 e. The highest BCUT2D eigenvalue weighted by Gasteiger charge is 2.03. The molecule has 16 heavy (non-hydrogen) atoms. The monoisotopic (exact) mass is 280 g/mol. The number of halogens is 1. The molecule has 0 aliphatic heterocycles. The van der Waals surface area contributed by atoms with E-state index in [9.17, 15) is 0 Å². The summed E-state index contributed by atoms with van der Waals surface area (Å²) < 4.78 is 3.02. The van der Waals surface area contributed by atoms with Gasteiger partial charge in [0.15, 0.2) is 0 Å². The van der Waals surface area contributed by atoms with Crippen molar-refractivity contribution in [3.05, 3.63) is 41.5 Å². The van der Waals surface area contributed by atoms with Gasteiger partial charge in [0.05, 0.1) is 6.33 Å². The number of anilines is 1. The Kier molecular flexibility index (Phi) is 3.56. The molecule has 0 aliphatic carbocycles. The van der Waals surface area contributed by atoms with Gasteiger partial charge in [-0.05, 0) is 35.0 Å². The van der Waals surface area contributed by atoms with Gasteiger partial charge in [-0.3, -0.25) is 0 Å². The highest BCUT2D eigenvalue weighted by Crippen LogP contribution is 2.11. The van der Waals surface area contributed by atoms with Crippen molar-refractivity contribution < 1.29 is 0 Å². The van der Waals surface area contributed by atoms with E-state index in [-0.39, 0.29) is 0 Å². The first-order chi connectivity index (χ1) is 7.74. The first-order valence-corrected chi connectivity index (χ1v) is 5.87. The Labute approximate surface area is 103 Å². The minimum Gasteiger partial charge on any atom is -0.366 e. The van der Waals surface area contributed by atoms with E-state index in [1.165, 1.54) is 0 Å². The van der Waals surface area contributed by atoms with E-state index in [4.69, 9.17) is 0 Å². The van der Waals surface area contributed by atoms with Crippen LogP contribution in [0.5, 0.6) is 0 Å². The van der Waals surface area contributed by atoms with Crippen LogP contribution in [0.4, 0.5) is 5.82 Å². The molecule has 2 rings (SSSR count). The number of hydrogen-bond acceptors (Lipinski definition) is 3. The summed E-state index contributed by atoms with van der Waals surface area (Å²) in [5, 5.41) is 3.33. The molecular weight excluding hydrogens is 268 g/mol. The number of aromatic nitrogens is 3. The minimum absolute atomic E-state index is 0.308. The van der Waals surface area contributed by atoms with Gasteiger partial charge in [0.1, 0.15) is 5.82 Å². The second-order valence-corrected chi connectivity index (χ2v) is 4.58. The van der Waals surface area contributed by atoms with E-state index in [1.54, 1.807) is 12.4 Å². The van der Waals surface area contributed by atoms with Crippen LogP contribution in [0.15, 0.2) is 41.5 Å². The molecule has 1 unspecified atom stereocenters. The van der Waals surface area contributed by atoms with Gasteiger partial charge in [-0.15, -0.1) is 0 Å². The molecule has 1 N–H and O–H groups in total. The van der Waals surface area contributed by atoms with Crippen molar-refractivity contribution in [2.45, 2.75) is 19.5 Å². The topological polar surface area (TPSA) is 42.7 Å². The van der Waals surface area contributed by atoms with Gasteiger partial charge in [0.2, 0.25) is 0 Å². The number of imidazole rings is 1. The summed E-state index contributed by atoms with van der Waals surface area (Å²) in [5.74, 6) is 0.885. The van der Waals surface area contributed by atoms with Crippen LogP contribution in [0.2, 0.25) is 0 Å². The Balaban J connectivity index is 1.92. The summed E-state index contributed by atoms with van der Waals surface area (Å²) >= 11 is 3.36. The SMILES string of the molecule is CC(Cn1ccnc1)Nc1ccc(Br)cn1. The molecule has 0 fully saturated rings. The van der Waals surface area contributed by atoms with Crippen LogP contribution in [-0.4, -0.2) is 20.6 Å². The van der Waals surface area contributed by atoms with Crippen LogP contribution in [-0.2, 0) is 6.54 Å². The summed E-state index contributed by atoms with van der Waals surface area (Å²) in [7, 11) is 0. The summed E-state index contributed by atoms with van der Waals surface area (Å²) in [6, 6.07) is 4.23. The second-order valence-electron chi connectivity index (χ2n) is 3.67. The average Bonchev–Trinajstić information content (AvgIpc) is 2.74. The first kappa shape index (κ1) is 11.1. The molecule has 5 heteroatoms. The van der Waals surface area contributed by atoms with Gasteiger partial charge in [0, 0.05) is 35.6 Å². The third-order valence-corrected chi connectivity index (χ3v) is 2.63. The molecule has 0 aliphatic rings. The van der Waals surface area contributed by atoms with Gasteiger partial charge in [-0.1, -0.05) is 0 Å². The van der Waals surface area contributed by atoms with Gasteiger partial charge >= 0.3 is 0 Å². The lowest BCUT2D eigenvalue weighted by atomic mass is 10.3. The Bertz CT molecular complexity index is 424. The van der Waals surface area contributed by atoms with Crippen LogP contribution in [0.3, 0.4) is 0 Å². The molecule has 4 nitrogen and oxygen atoms in total. The lowest BCUT2D eigenvalue weighted by Gasteiger charge is -2.14. The zero-order valence-electron chi connectivity index (χ0n) is 8.97. The van der Waals surface area contributed by atoms with E-state index in [0.29, 0.717) is 6.04 Å². The molecule has 2 heterocycles. The highest BCUT2D eigenvalue weighted by atomic mass is 79.9. The van der Waals surface area contributed by atoms with Crippen LogP contribution < -0.4 is 5.32 Å². The van der Waals surface area contributed by atoms with E-state index in [0.717, 1.165) is 16.8 Å². The van der Waals surface area contributed by atoms with Crippen molar-refractivity contribution in [1.82, 2.24) is 14.5 Å². The van der Waals surface area contributed by atoms with E-state index >= 15 is 0 Å². The van der Waals surface area contributed by atoms with E-state index in [1.807, 2.05) is 29.2 Å². The average molecular weight is 281 g/mol. The van der Waals surface area contributed by atoms with Gasteiger partial charge < -0.3 is 9.88 Å². The molecule has 0 radical (unpaired) electrons. The van der Waals surface area contributed by atoms with Gasteiger partial charge in [-0.25, -0.2) is 9.97 Å². The fourth-order valence-electron chi connectivity index (χ4n) is 1.47. The summed E-state index contributed by atoms with van der Waals surface area (Å²) in [5.41, 5.74) is 0. The molecule has 1 atom stereocenters. The molecule has 0 saturated heterocycles. The number of hydrogen-bond donors (Lipinski definition) is 1. The van der Waals surface area contributed by atoms with Crippen molar-refractivity contribution in [2.75, 3.05) is 5.32 Å². The fraction of sp³-hybridized carbons (Fsp3) is 0.273. The molecule has 2 aromatic rings. The van der Waals surface area contributed by atoms with Crippen LogP contribution in [0.25, 0.3) is 0 Å². The molecule has 2 aromatic heterocycles. The lowest BCUT2D eigenvalue weighted by molar-refractivity contribution is 0.617. The molecule has 0 amide bonds. The quantitative estimate of drug-likeness (QED) is 0.936. The normalized spacial score (nSPS) is 12.4. The number of rotatable bonds is 4. The third-order valence-electron chi connectivity index (χ3n) is 2.17. The predicted octanol–water partition coefficient (Wildman–Crippen LogP) is 2.54. The summed E-state index contributed by atoms with van der Waals surface area (Å²) in [4.78, 5) is 8.27. The molecule has 0 spiro atoms. The van der Waals surface area contributed by atoms with Crippen molar-refractivity contribution in [3.63, 3.8) is 0 Å². The molecule has 84 valence electrons. The standard InChI is InChI=1S/C11H13BrN4/c1-9(7-16-5-4-13-8-16)15-11-3-2-10(12)6-14-11/h2-6,8-9H,7H2,1H3,(H,14,15). The highest BCUT2D eigenvalue weighted by molar-refractivity contribution is 9.10. The maximum atomic E-state index is 4.26. The Morgan fingerprint density at radius 1 is 1.50 bits per heavy atom. The fourth-order valence-corrected chi connectivity index (χ4v) is 1.70. The zero-order chi connectivity index (χ0) is 11.4. The van der Waals surface area contributed by atoms with Crippen LogP contribution >= 0.6 is 15.9 Å². The summed E-state index contributed by atoms with van der Waals surface area (Å²) in [6.45, 7) is 2.99. The molecule has 0 aromatic carbocycles. The number of nitrogens with one attached hydrogen (secondary N) is 1. The summed E-state index contributed by atoms with van der Waals surface area (Å²) in [6.07, 6.45) is 7.33. The first-order valence-electron chi connectivity index (χ1n) is 5.08. The lowest BCUT2D eigenvalue weighted by Crippen LogP contribution is -2.21. The maximum absolute atomic E-state index is 4.26. The second kappa shape index (κ2) is 5.12. The Hall–Kier alpha value is -1.36. The van der Waals surface area contributed by atoms with Crippen LogP contribution in [0, 0.1) is 0 Å². The van der Waals surface area contributed by atoms with Crippen molar-refractivity contribution in [3.8, 4) is 0 Å². The van der Waals surface area contributed by atoms with E-state index < -0.39 is 0 Å². The Morgan fingerprint density at radius 3 is 3.00 bits per heavy atom. The van der Waals surface area contributed by atoms with E-state index in [2.05, 4.69) is 38.1 Å². The largest absolute Gasteiger partial charge is 0.366 e. The van der Waals surface area contributed by atoms with Crippen molar-refractivity contribution >= 4 is 21.7 Å². The predicted molar refractivity (Wildman–Crippen MR) is 67.2 cm³/mol.